The molecule has 2 aromatic rings. The van der Waals surface area contributed by atoms with Gasteiger partial charge < -0.3 is 15.7 Å². The van der Waals surface area contributed by atoms with E-state index in [1.54, 1.807) is 18.2 Å². The summed E-state index contributed by atoms with van der Waals surface area (Å²) >= 11 is 0. The summed E-state index contributed by atoms with van der Waals surface area (Å²) in [5, 5.41) is 16.2. The molecular formula is C21H26ClN3O2. The Balaban J connectivity index is 0.00000210. The lowest BCUT2D eigenvalue weighted by molar-refractivity contribution is -0.121. The minimum atomic E-state index is 0. The van der Waals surface area contributed by atoms with Crippen LogP contribution in [0, 0.1) is 5.92 Å². The predicted octanol–water partition coefficient (Wildman–Crippen LogP) is 3.63. The quantitative estimate of drug-likeness (QED) is 0.701. The Hall–Kier alpha value is -2.24. The fourth-order valence-corrected chi connectivity index (χ4v) is 3.95. The molecule has 4 rings (SSSR count). The van der Waals surface area contributed by atoms with E-state index < -0.39 is 0 Å². The average molecular weight is 388 g/mol. The van der Waals surface area contributed by atoms with Crippen LogP contribution in [-0.4, -0.2) is 35.5 Å². The summed E-state index contributed by atoms with van der Waals surface area (Å²) in [5.74, 6) is 0.127. The number of benzene rings is 2. The number of hydrogen-bond donors (Lipinski definition) is 3. The van der Waals surface area contributed by atoms with Crippen LogP contribution in [0.4, 0.5) is 11.4 Å². The smallest absolute Gasteiger partial charge is 0.227 e. The maximum absolute atomic E-state index is 12.5. The first kappa shape index (κ1) is 19.5. The third kappa shape index (κ3) is 4.37. The van der Waals surface area contributed by atoms with Gasteiger partial charge in [-0.2, -0.15) is 0 Å². The van der Waals surface area contributed by atoms with Crippen molar-refractivity contribution in [3.63, 3.8) is 0 Å². The monoisotopic (exact) mass is 387 g/mol. The summed E-state index contributed by atoms with van der Waals surface area (Å²) in [7, 11) is 0. The Morgan fingerprint density at radius 2 is 1.93 bits per heavy atom. The molecule has 27 heavy (non-hydrogen) atoms. The summed E-state index contributed by atoms with van der Waals surface area (Å²) in [6.07, 6.45) is 2.81. The number of halogens is 1. The molecule has 3 N–H and O–H groups in total. The Morgan fingerprint density at radius 3 is 2.70 bits per heavy atom. The molecule has 0 atom stereocenters. The van der Waals surface area contributed by atoms with Gasteiger partial charge >= 0.3 is 0 Å². The number of aromatic hydroxyl groups is 1. The van der Waals surface area contributed by atoms with Crippen molar-refractivity contribution in [2.75, 3.05) is 30.3 Å². The number of carbonyl (C=O) groups excluding carboxylic acids is 1. The fraction of sp³-hybridized carbons (Fsp3) is 0.381. The maximum Gasteiger partial charge on any atom is 0.227 e. The highest BCUT2D eigenvalue weighted by Crippen LogP contribution is 2.29. The van der Waals surface area contributed by atoms with E-state index in [2.05, 4.69) is 33.7 Å². The second-order valence-electron chi connectivity index (χ2n) is 7.18. The second kappa shape index (κ2) is 8.63. The van der Waals surface area contributed by atoms with E-state index in [-0.39, 0.29) is 30.0 Å². The summed E-state index contributed by atoms with van der Waals surface area (Å²) < 4.78 is 0. The lowest BCUT2D eigenvalue weighted by Crippen LogP contribution is -2.37. The molecule has 0 saturated carbocycles. The molecule has 144 valence electrons. The number of piperidine rings is 1. The summed E-state index contributed by atoms with van der Waals surface area (Å²) in [6, 6.07) is 13.4. The van der Waals surface area contributed by atoms with Crippen LogP contribution < -0.4 is 10.6 Å². The molecular weight excluding hydrogens is 362 g/mol. The molecule has 1 fully saturated rings. The van der Waals surface area contributed by atoms with Crippen molar-refractivity contribution in [2.24, 2.45) is 5.92 Å². The third-order valence-electron chi connectivity index (χ3n) is 5.45. The molecule has 2 aliphatic heterocycles. The van der Waals surface area contributed by atoms with Crippen molar-refractivity contribution in [2.45, 2.75) is 25.8 Å². The molecule has 1 saturated heterocycles. The van der Waals surface area contributed by atoms with Crippen LogP contribution in [0.2, 0.25) is 0 Å². The van der Waals surface area contributed by atoms with Crippen LogP contribution in [0.3, 0.4) is 0 Å². The fourth-order valence-electron chi connectivity index (χ4n) is 3.95. The standard InChI is InChI=1S/C21H25N3O2.ClH/c25-19-7-2-1-6-18(19)23-21(26)16-9-12-24(13-10-16)14-17-5-3-4-15-8-11-22-20(15)17;/h1-7,16,22,25H,8-14H2,(H,23,26);1H. The van der Waals surface area contributed by atoms with Gasteiger partial charge in [0, 0.05) is 24.7 Å². The van der Waals surface area contributed by atoms with Crippen LogP contribution in [0.5, 0.6) is 5.75 Å². The summed E-state index contributed by atoms with van der Waals surface area (Å²) in [4.78, 5) is 14.9. The van der Waals surface area contributed by atoms with Crippen molar-refractivity contribution < 1.29 is 9.90 Å². The van der Waals surface area contributed by atoms with Crippen LogP contribution in [0.1, 0.15) is 24.0 Å². The van der Waals surface area contributed by atoms with Gasteiger partial charge in [0.2, 0.25) is 5.91 Å². The van der Waals surface area contributed by atoms with Crippen molar-refractivity contribution >= 4 is 29.7 Å². The van der Waals surface area contributed by atoms with Gasteiger partial charge in [0.15, 0.2) is 0 Å². The van der Waals surface area contributed by atoms with Gasteiger partial charge in [-0.15, -0.1) is 12.4 Å². The van der Waals surface area contributed by atoms with Gasteiger partial charge in [-0.05, 0) is 55.6 Å². The van der Waals surface area contributed by atoms with E-state index in [1.807, 2.05) is 6.07 Å². The van der Waals surface area contributed by atoms with Crippen LogP contribution in [0.25, 0.3) is 0 Å². The Morgan fingerprint density at radius 1 is 1.15 bits per heavy atom. The van der Waals surface area contributed by atoms with Crippen LogP contribution in [-0.2, 0) is 17.8 Å². The zero-order valence-corrected chi connectivity index (χ0v) is 16.1. The normalized spacial score (nSPS) is 16.9. The molecule has 0 radical (unpaired) electrons. The number of phenolic OH excluding ortho intramolecular Hbond substituents is 1. The van der Waals surface area contributed by atoms with Crippen LogP contribution in [0.15, 0.2) is 42.5 Å². The minimum Gasteiger partial charge on any atom is -0.506 e. The largest absolute Gasteiger partial charge is 0.506 e. The number of phenols is 1. The molecule has 0 aromatic heterocycles. The highest BCUT2D eigenvalue weighted by Gasteiger charge is 2.26. The number of nitrogens with one attached hydrogen (secondary N) is 2. The third-order valence-corrected chi connectivity index (χ3v) is 5.45. The maximum atomic E-state index is 12.5. The van der Waals surface area contributed by atoms with E-state index in [1.165, 1.54) is 16.8 Å². The molecule has 0 bridgehead atoms. The average Bonchev–Trinajstić information content (AvgIpc) is 3.14. The van der Waals surface area contributed by atoms with Crippen molar-refractivity contribution in [3.8, 4) is 5.75 Å². The van der Waals surface area contributed by atoms with Crippen molar-refractivity contribution in [1.82, 2.24) is 4.90 Å². The Kier molecular flexibility index (Phi) is 6.24. The first-order valence-electron chi connectivity index (χ1n) is 9.36. The SMILES string of the molecule is Cl.O=C(Nc1ccccc1O)C1CCN(Cc2cccc3c2NCC3)CC1. The lowest BCUT2D eigenvalue weighted by Gasteiger charge is -2.31. The Labute approximate surface area is 166 Å². The molecule has 5 nitrogen and oxygen atoms in total. The Bertz CT molecular complexity index is 804. The highest BCUT2D eigenvalue weighted by atomic mass is 35.5. The van der Waals surface area contributed by atoms with Gasteiger partial charge in [-0.3, -0.25) is 9.69 Å². The molecule has 1 amide bonds. The first-order chi connectivity index (χ1) is 12.7. The van der Waals surface area contributed by atoms with E-state index in [0.717, 1.165) is 45.4 Å². The van der Waals surface area contributed by atoms with Gasteiger partial charge in [-0.1, -0.05) is 30.3 Å². The van der Waals surface area contributed by atoms with Crippen molar-refractivity contribution in [1.29, 1.82) is 0 Å². The topological polar surface area (TPSA) is 64.6 Å². The van der Waals surface area contributed by atoms with Gasteiger partial charge in [0.05, 0.1) is 5.69 Å². The number of nitrogens with zero attached hydrogens (tertiary/aromatic N) is 1. The van der Waals surface area contributed by atoms with Gasteiger partial charge in [0.25, 0.3) is 0 Å². The van der Waals surface area contributed by atoms with Crippen LogP contribution >= 0.6 is 12.4 Å². The molecule has 2 heterocycles. The predicted molar refractivity (Wildman–Crippen MR) is 111 cm³/mol. The number of hydrogen-bond acceptors (Lipinski definition) is 4. The highest BCUT2D eigenvalue weighted by molar-refractivity contribution is 5.93. The van der Waals surface area contributed by atoms with E-state index in [0.29, 0.717) is 5.69 Å². The number of fused-ring (bicyclic) bond motifs is 1. The minimum absolute atomic E-state index is 0. The second-order valence-corrected chi connectivity index (χ2v) is 7.18. The number of likely N-dealkylation sites (tertiary alicyclic amines) is 1. The number of amides is 1. The van der Waals surface area contributed by atoms with Gasteiger partial charge in [-0.25, -0.2) is 0 Å². The first-order valence-corrected chi connectivity index (χ1v) is 9.36. The van der Waals surface area contributed by atoms with E-state index in [4.69, 9.17) is 0 Å². The molecule has 0 spiro atoms. The van der Waals surface area contributed by atoms with Crippen molar-refractivity contribution in [3.05, 3.63) is 53.6 Å². The van der Waals surface area contributed by atoms with E-state index in [9.17, 15) is 9.90 Å². The lowest BCUT2D eigenvalue weighted by atomic mass is 9.95. The summed E-state index contributed by atoms with van der Waals surface area (Å²) in [5.41, 5.74) is 4.58. The molecule has 0 aliphatic carbocycles. The van der Waals surface area contributed by atoms with E-state index >= 15 is 0 Å². The number of para-hydroxylation sites is 3. The number of anilines is 2. The number of rotatable bonds is 4. The number of carbonyl (C=O) groups is 1. The molecule has 2 aliphatic rings. The molecule has 2 aromatic carbocycles. The zero-order chi connectivity index (χ0) is 17.9. The summed E-state index contributed by atoms with van der Waals surface area (Å²) in [6.45, 7) is 3.80. The molecule has 6 heteroatoms. The molecule has 0 unspecified atom stereocenters. The van der Waals surface area contributed by atoms with Gasteiger partial charge in [0.1, 0.15) is 5.75 Å². The zero-order valence-electron chi connectivity index (χ0n) is 15.3.